The molecule has 0 spiro atoms. The average molecular weight is 789 g/mol. The predicted octanol–water partition coefficient (Wildman–Crippen LogP) is 9.99. The van der Waals surface area contributed by atoms with Crippen LogP contribution in [0.1, 0.15) is 61.3 Å². The van der Waals surface area contributed by atoms with Gasteiger partial charge in [0.15, 0.2) is 0 Å². The molecule has 1 aliphatic carbocycles. The number of pyridine rings is 1. The Bertz CT molecular complexity index is 2520. The van der Waals surface area contributed by atoms with Gasteiger partial charge in [0.1, 0.15) is 0 Å². The van der Waals surface area contributed by atoms with Gasteiger partial charge in [-0.3, -0.25) is 0 Å². The summed E-state index contributed by atoms with van der Waals surface area (Å²) in [7, 11) is 0. The number of aryl methyl sites for hydroxylation is 2. The van der Waals surface area contributed by atoms with Crippen molar-refractivity contribution in [3.05, 3.63) is 118 Å². The third kappa shape index (κ3) is 4.54. The number of hydrogen-bond acceptors (Lipinski definition) is 2. The fourth-order valence-corrected chi connectivity index (χ4v) is 8.04. The molecular weight excluding hydrogens is 748 g/mol. The van der Waals surface area contributed by atoms with E-state index in [4.69, 9.17) is 13.8 Å². The fourth-order valence-electron chi connectivity index (χ4n) is 7.20. The number of aromatic nitrogens is 4. The maximum absolute atomic E-state index is 8.19. The van der Waals surface area contributed by atoms with E-state index in [0.29, 0.717) is 20.8 Å². The zero-order valence-corrected chi connectivity index (χ0v) is 28.9. The van der Waals surface area contributed by atoms with E-state index < -0.39 is 6.98 Å². The Morgan fingerprint density at radius 1 is 0.717 bits per heavy atom. The number of imidazole rings is 1. The number of fused-ring (bicyclic) bond motifs is 5. The first-order chi connectivity index (χ1) is 23.2. The number of rotatable bonds is 4. The molecule has 3 heterocycles. The van der Waals surface area contributed by atoms with Crippen LogP contribution in [0.2, 0.25) is 0 Å². The van der Waals surface area contributed by atoms with Crippen LogP contribution in [-0.2, 0) is 37.2 Å². The number of ether oxygens (including phenoxy) is 1. The third-order valence-corrected chi connectivity index (χ3v) is 10.9. The van der Waals surface area contributed by atoms with E-state index in [1.165, 1.54) is 21.1 Å². The second-order valence-electron chi connectivity index (χ2n) is 13.9. The van der Waals surface area contributed by atoms with Gasteiger partial charge in [0.25, 0.3) is 0 Å². The molecular formula is C40H38N4OPt. The summed E-state index contributed by atoms with van der Waals surface area (Å²) in [6.45, 7) is 9.25. The summed E-state index contributed by atoms with van der Waals surface area (Å²) in [5.41, 5.74) is 8.61. The molecule has 46 heavy (non-hydrogen) atoms. The average Bonchev–Trinajstić information content (AvgIpc) is 3.53. The van der Waals surface area contributed by atoms with Gasteiger partial charge in [-0.05, 0) is 53.4 Å². The van der Waals surface area contributed by atoms with Gasteiger partial charge in [-0.25, -0.2) is 0 Å². The summed E-state index contributed by atoms with van der Waals surface area (Å²) in [6.07, 6.45) is 4.18. The first kappa shape index (κ1) is 25.9. The summed E-state index contributed by atoms with van der Waals surface area (Å²) in [6, 6.07) is 30.7. The molecule has 0 atom stereocenters. The fraction of sp³-hybridized carbons (Fsp3) is 0.250. The Morgan fingerprint density at radius 3 is 2.20 bits per heavy atom. The van der Waals surface area contributed by atoms with Crippen molar-refractivity contribution in [1.29, 1.82) is 0 Å². The molecule has 0 aliphatic heterocycles. The van der Waals surface area contributed by atoms with Crippen molar-refractivity contribution < 1.29 is 28.2 Å². The minimum absolute atomic E-state index is 0.0747. The molecule has 5 nitrogen and oxygen atoms in total. The van der Waals surface area contributed by atoms with Gasteiger partial charge in [0.2, 0.25) is 0 Å². The molecule has 0 fully saturated rings. The first-order valence-electron chi connectivity index (χ1n) is 17.3. The standard InChI is InChI=1S/C40H38N4O.Pt/c1-26-16-19-41-38(20-26)44-36-22-29(45-28-11-9-10-27(21-28)43-25-42(6)34-12-7-8-13-35(34)43)14-15-30(36)31-23-32-33(24-37(31)44)40(4,5)18-17-39(32,2)3;/h7-16,19-24H,17-18H2,1-6H3;/i6D3;. The van der Waals surface area contributed by atoms with Crippen LogP contribution in [0.4, 0.5) is 0 Å². The van der Waals surface area contributed by atoms with Crippen molar-refractivity contribution >= 4 is 32.8 Å². The second-order valence-corrected chi connectivity index (χ2v) is 14.9. The van der Waals surface area contributed by atoms with E-state index in [2.05, 4.69) is 88.9 Å². The molecule has 0 radical (unpaired) electrons. The number of benzene rings is 4. The van der Waals surface area contributed by atoms with Crippen LogP contribution in [0, 0.1) is 10.7 Å². The summed E-state index contributed by atoms with van der Waals surface area (Å²) < 4.78 is 37.4. The molecule has 6 heteroatoms. The van der Waals surface area contributed by atoms with Crippen LogP contribution in [0.5, 0.6) is 11.5 Å². The molecule has 3 aromatic heterocycles. The van der Waals surface area contributed by atoms with Gasteiger partial charge < -0.3 is 0 Å². The maximum atomic E-state index is 8.19. The summed E-state index contributed by atoms with van der Waals surface area (Å²) >= 11 is 2.10. The Morgan fingerprint density at radius 2 is 1.43 bits per heavy atom. The Balaban J connectivity index is 1.29. The molecule has 4 aromatic carbocycles. The predicted molar refractivity (Wildman–Crippen MR) is 184 cm³/mol. The Kier molecular flexibility index (Phi) is 5.86. The van der Waals surface area contributed by atoms with E-state index in [1.807, 2.05) is 71.4 Å². The molecule has 0 N–H and O–H groups in total. The molecule has 1 aliphatic rings. The minimum atomic E-state index is -2.32. The molecule has 234 valence electrons. The van der Waals surface area contributed by atoms with Gasteiger partial charge in [0.05, 0.1) is 0 Å². The zero-order valence-electron chi connectivity index (χ0n) is 29.7. The van der Waals surface area contributed by atoms with E-state index >= 15 is 0 Å². The monoisotopic (exact) mass is 788 g/mol. The summed E-state index contributed by atoms with van der Waals surface area (Å²) in [5.74, 6) is 2.24. The van der Waals surface area contributed by atoms with Crippen LogP contribution < -0.4 is 4.74 Å². The van der Waals surface area contributed by atoms with Gasteiger partial charge in [-0.2, -0.15) is 0 Å². The number of hydrogen-bond donors (Lipinski definition) is 0. The van der Waals surface area contributed by atoms with Crippen molar-refractivity contribution in [1.82, 2.24) is 18.7 Å². The van der Waals surface area contributed by atoms with Crippen molar-refractivity contribution in [2.75, 3.05) is 0 Å². The SMILES string of the molecule is [2H]C([2H])([2H])n1[c](=[Pt])n(-c2cccc(Oc3ccc4c5cc6c(cc5n(-c5cc(C)ccn5)c4c3)C(C)(C)CCC6(C)C)c2)c2ccccc21. The van der Waals surface area contributed by atoms with Crippen LogP contribution in [-0.4, -0.2) is 18.7 Å². The van der Waals surface area contributed by atoms with Crippen LogP contribution >= 0.6 is 0 Å². The van der Waals surface area contributed by atoms with E-state index in [9.17, 15) is 0 Å². The topological polar surface area (TPSA) is 36.9 Å². The van der Waals surface area contributed by atoms with Crippen molar-refractivity contribution in [3.63, 3.8) is 0 Å². The van der Waals surface area contributed by atoms with E-state index in [-0.39, 0.29) is 10.8 Å². The summed E-state index contributed by atoms with van der Waals surface area (Å²) in [5, 5.41) is 2.37. The molecule has 0 bridgehead atoms. The van der Waals surface area contributed by atoms with Gasteiger partial charge >= 0.3 is 198 Å². The van der Waals surface area contributed by atoms with Gasteiger partial charge in [-0.1, -0.05) is 27.7 Å². The Hall–Kier alpha value is -4.21. The molecule has 0 amide bonds. The van der Waals surface area contributed by atoms with Crippen LogP contribution in [0.3, 0.4) is 0 Å². The Labute approximate surface area is 284 Å². The molecule has 7 aromatic rings. The molecule has 0 saturated carbocycles. The normalized spacial score (nSPS) is 16.7. The van der Waals surface area contributed by atoms with Crippen molar-refractivity contribution in [3.8, 4) is 23.0 Å². The molecule has 0 saturated heterocycles. The first-order valence-corrected chi connectivity index (χ1v) is 16.9. The second kappa shape index (κ2) is 10.4. The van der Waals surface area contributed by atoms with Crippen LogP contribution in [0.25, 0.3) is 44.3 Å². The summed E-state index contributed by atoms with van der Waals surface area (Å²) in [4.78, 5) is 4.85. The third-order valence-electron chi connectivity index (χ3n) is 9.86. The number of nitrogens with zero attached hydrogens (tertiary/aromatic N) is 4. The van der Waals surface area contributed by atoms with Crippen molar-refractivity contribution in [2.24, 2.45) is 6.98 Å². The van der Waals surface area contributed by atoms with E-state index in [1.54, 1.807) is 0 Å². The van der Waals surface area contributed by atoms with Gasteiger partial charge in [0, 0.05) is 6.20 Å². The molecule has 8 rings (SSSR count). The van der Waals surface area contributed by atoms with Crippen molar-refractivity contribution in [2.45, 2.75) is 58.3 Å². The van der Waals surface area contributed by atoms with E-state index in [0.717, 1.165) is 51.8 Å². The van der Waals surface area contributed by atoms with Gasteiger partial charge in [-0.15, -0.1) is 0 Å². The number of para-hydroxylation sites is 2. The zero-order chi connectivity index (χ0) is 34.5. The quantitative estimate of drug-likeness (QED) is 0.178. The molecule has 0 unspecified atom stereocenters. The van der Waals surface area contributed by atoms with Crippen LogP contribution in [0.15, 0.2) is 97.2 Å².